The number of nitrogens with zero attached hydrogens (tertiary/aromatic N) is 1. The topological polar surface area (TPSA) is 36.1 Å². The SMILES string of the molecule is O=C(c1ccccc1)C(c1cc[nH]c1)C1CCN(Cc2ccccc2)CC1. The predicted octanol–water partition coefficient (Wildman–Crippen LogP) is 4.89. The Morgan fingerprint density at radius 1 is 0.963 bits per heavy atom. The first-order valence-electron chi connectivity index (χ1n) is 9.79. The van der Waals surface area contributed by atoms with Crippen LogP contribution in [0.3, 0.4) is 0 Å². The number of Topliss-reactive ketones (excluding diaryl/α,β-unsaturated/α-hetero) is 1. The lowest BCUT2D eigenvalue weighted by atomic mass is 9.76. The minimum Gasteiger partial charge on any atom is -0.367 e. The van der Waals surface area contributed by atoms with Gasteiger partial charge in [-0.15, -0.1) is 0 Å². The lowest BCUT2D eigenvalue weighted by Crippen LogP contribution is -2.36. The van der Waals surface area contributed by atoms with Gasteiger partial charge in [-0.25, -0.2) is 0 Å². The van der Waals surface area contributed by atoms with Crippen LogP contribution in [0.4, 0.5) is 0 Å². The molecule has 1 aliphatic heterocycles. The van der Waals surface area contributed by atoms with Gasteiger partial charge < -0.3 is 4.98 Å². The zero-order valence-electron chi connectivity index (χ0n) is 15.6. The first-order chi connectivity index (χ1) is 13.3. The molecule has 0 radical (unpaired) electrons. The molecule has 0 aliphatic carbocycles. The molecule has 1 aromatic heterocycles. The van der Waals surface area contributed by atoms with Gasteiger partial charge in [0.25, 0.3) is 0 Å². The van der Waals surface area contributed by atoms with Crippen LogP contribution in [0.15, 0.2) is 79.1 Å². The number of benzene rings is 2. The summed E-state index contributed by atoms with van der Waals surface area (Å²) in [5.74, 6) is 0.578. The predicted molar refractivity (Wildman–Crippen MR) is 109 cm³/mol. The summed E-state index contributed by atoms with van der Waals surface area (Å²) in [6, 6.07) is 22.4. The Morgan fingerprint density at radius 3 is 2.26 bits per heavy atom. The van der Waals surface area contributed by atoms with Gasteiger partial charge in [-0.05, 0) is 49.0 Å². The number of likely N-dealkylation sites (tertiary alicyclic amines) is 1. The summed E-state index contributed by atoms with van der Waals surface area (Å²) < 4.78 is 0. The Morgan fingerprint density at radius 2 is 1.63 bits per heavy atom. The van der Waals surface area contributed by atoms with Crippen LogP contribution in [-0.2, 0) is 6.54 Å². The Bertz CT molecular complexity index is 835. The number of carbonyl (C=O) groups is 1. The van der Waals surface area contributed by atoms with Gasteiger partial charge in [-0.2, -0.15) is 0 Å². The molecule has 2 aromatic carbocycles. The molecule has 0 spiro atoms. The fourth-order valence-corrected chi connectivity index (χ4v) is 4.24. The summed E-state index contributed by atoms with van der Waals surface area (Å²) in [6.45, 7) is 3.08. The highest BCUT2D eigenvalue weighted by Crippen LogP contribution is 2.35. The fraction of sp³-hybridized carbons (Fsp3) is 0.292. The van der Waals surface area contributed by atoms with Crippen molar-refractivity contribution in [2.75, 3.05) is 13.1 Å². The van der Waals surface area contributed by atoms with E-state index in [9.17, 15) is 4.79 Å². The van der Waals surface area contributed by atoms with Gasteiger partial charge in [0.05, 0.1) is 5.92 Å². The molecular formula is C24H26N2O. The molecule has 0 saturated carbocycles. The minimum absolute atomic E-state index is 0.0578. The number of hydrogen-bond donors (Lipinski definition) is 1. The van der Waals surface area contributed by atoms with Gasteiger partial charge in [0.2, 0.25) is 0 Å². The summed E-state index contributed by atoms with van der Waals surface area (Å²) in [5.41, 5.74) is 3.29. The molecule has 1 atom stereocenters. The number of nitrogens with one attached hydrogen (secondary N) is 1. The maximum atomic E-state index is 13.3. The Balaban J connectivity index is 1.47. The van der Waals surface area contributed by atoms with Crippen molar-refractivity contribution in [1.82, 2.24) is 9.88 Å². The molecule has 1 unspecified atom stereocenters. The highest BCUT2D eigenvalue weighted by atomic mass is 16.1. The lowest BCUT2D eigenvalue weighted by molar-refractivity contribution is 0.0878. The molecule has 2 heterocycles. The molecule has 3 nitrogen and oxygen atoms in total. The van der Waals surface area contributed by atoms with Gasteiger partial charge >= 0.3 is 0 Å². The summed E-state index contributed by atoms with van der Waals surface area (Å²) >= 11 is 0. The quantitative estimate of drug-likeness (QED) is 0.637. The van der Waals surface area contributed by atoms with Gasteiger partial charge in [0.15, 0.2) is 5.78 Å². The van der Waals surface area contributed by atoms with E-state index in [1.165, 1.54) is 5.56 Å². The Labute approximate surface area is 161 Å². The molecule has 1 saturated heterocycles. The van der Waals surface area contributed by atoms with Crippen molar-refractivity contribution < 1.29 is 4.79 Å². The van der Waals surface area contributed by atoms with Crippen LogP contribution in [-0.4, -0.2) is 28.8 Å². The highest BCUT2D eigenvalue weighted by Gasteiger charge is 2.33. The number of aromatic nitrogens is 1. The first-order valence-corrected chi connectivity index (χ1v) is 9.79. The van der Waals surface area contributed by atoms with Crippen LogP contribution in [0.25, 0.3) is 0 Å². The van der Waals surface area contributed by atoms with Gasteiger partial charge in [-0.3, -0.25) is 9.69 Å². The molecule has 1 aliphatic rings. The molecule has 1 fully saturated rings. The average molecular weight is 358 g/mol. The van der Waals surface area contributed by atoms with Crippen molar-refractivity contribution in [1.29, 1.82) is 0 Å². The van der Waals surface area contributed by atoms with Gasteiger partial charge in [-0.1, -0.05) is 60.7 Å². The molecule has 3 heteroatoms. The Kier molecular flexibility index (Phi) is 5.50. The summed E-state index contributed by atoms with van der Waals surface area (Å²) in [4.78, 5) is 18.9. The molecule has 3 aromatic rings. The van der Waals surface area contributed by atoms with Crippen molar-refractivity contribution in [3.63, 3.8) is 0 Å². The second-order valence-electron chi connectivity index (χ2n) is 7.45. The van der Waals surface area contributed by atoms with E-state index in [1.807, 2.05) is 42.7 Å². The van der Waals surface area contributed by atoms with Crippen LogP contribution in [0.1, 0.15) is 40.2 Å². The number of piperidine rings is 1. The highest BCUT2D eigenvalue weighted by molar-refractivity contribution is 6.01. The smallest absolute Gasteiger partial charge is 0.170 e. The van der Waals surface area contributed by atoms with E-state index >= 15 is 0 Å². The van der Waals surface area contributed by atoms with Crippen LogP contribution >= 0.6 is 0 Å². The second-order valence-corrected chi connectivity index (χ2v) is 7.45. The normalized spacial score (nSPS) is 16.9. The minimum atomic E-state index is -0.0578. The zero-order valence-corrected chi connectivity index (χ0v) is 15.6. The van der Waals surface area contributed by atoms with Crippen LogP contribution in [0.2, 0.25) is 0 Å². The summed E-state index contributed by atoms with van der Waals surface area (Å²) in [6.07, 6.45) is 6.02. The summed E-state index contributed by atoms with van der Waals surface area (Å²) in [5, 5.41) is 0. The van der Waals surface area contributed by atoms with Crippen LogP contribution in [0, 0.1) is 5.92 Å². The van der Waals surface area contributed by atoms with E-state index in [0.29, 0.717) is 5.92 Å². The Hall–Kier alpha value is -2.65. The maximum absolute atomic E-state index is 13.3. The standard InChI is InChI=1S/C24H26N2O/c27-24(21-9-5-2-6-10-21)23(22-11-14-25-17-22)20-12-15-26(16-13-20)18-19-7-3-1-4-8-19/h1-11,14,17,20,23,25H,12-13,15-16,18H2. The molecule has 138 valence electrons. The summed E-state index contributed by atoms with van der Waals surface area (Å²) in [7, 11) is 0. The third-order valence-electron chi connectivity index (χ3n) is 5.67. The zero-order chi connectivity index (χ0) is 18.5. The number of hydrogen-bond acceptors (Lipinski definition) is 2. The van der Waals surface area contributed by atoms with Crippen molar-refractivity contribution in [3.8, 4) is 0 Å². The van der Waals surface area contributed by atoms with Crippen LogP contribution < -0.4 is 0 Å². The van der Waals surface area contributed by atoms with Gasteiger partial charge in [0.1, 0.15) is 0 Å². The fourth-order valence-electron chi connectivity index (χ4n) is 4.24. The number of carbonyl (C=O) groups excluding carboxylic acids is 1. The second kappa shape index (κ2) is 8.36. The largest absolute Gasteiger partial charge is 0.367 e. The first kappa shape index (κ1) is 17.7. The van der Waals surface area contributed by atoms with Crippen molar-refractivity contribution in [2.45, 2.75) is 25.3 Å². The molecule has 0 bridgehead atoms. The third kappa shape index (κ3) is 4.20. The van der Waals surface area contributed by atoms with E-state index in [-0.39, 0.29) is 11.7 Å². The average Bonchev–Trinajstić information content (AvgIpc) is 3.25. The molecule has 27 heavy (non-hydrogen) atoms. The molecule has 4 rings (SSSR count). The molecular weight excluding hydrogens is 332 g/mol. The third-order valence-corrected chi connectivity index (χ3v) is 5.67. The number of rotatable bonds is 6. The van der Waals surface area contributed by atoms with Crippen molar-refractivity contribution in [3.05, 3.63) is 95.8 Å². The van der Waals surface area contributed by atoms with E-state index in [1.54, 1.807) is 0 Å². The van der Waals surface area contributed by atoms with Crippen LogP contribution in [0.5, 0.6) is 0 Å². The molecule has 0 amide bonds. The number of ketones is 1. The van der Waals surface area contributed by atoms with Crippen molar-refractivity contribution >= 4 is 5.78 Å². The van der Waals surface area contributed by atoms with Crippen molar-refractivity contribution in [2.24, 2.45) is 5.92 Å². The maximum Gasteiger partial charge on any atom is 0.170 e. The van der Waals surface area contributed by atoms with E-state index in [4.69, 9.17) is 0 Å². The van der Waals surface area contributed by atoms with E-state index in [2.05, 4.69) is 46.3 Å². The lowest BCUT2D eigenvalue weighted by Gasteiger charge is -2.35. The monoisotopic (exact) mass is 358 g/mol. The number of aromatic amines is 1. The van der Waals surface area contributed by atoms with E-state index in [0.717, 1.165) is 43.6 Å². The number of H-pyrrole nitrogens is 1. The molecule has 1 N–H and O–H groups in total. The van der Waals surface area contributed by atoms with Gasteiger partial charge in [0, 0.05) is 24.5 Å². The van der Waals surface area contributed by atoms with E-state index < -0.39 is 0 Å².